The number of aromatic nitrogens is 1. The zero-order chi connectivity index (χ0) is 27.3. The fourth-order valence-corrected chi connectivity index (χ4v) is 6.13. The first kappa shape index (κ1) is 23.8. The van der Waals surface area contributed by atoms with Gasteiger partial charge >= 0.3 is 7.62 Å². The van der Waals surface area contributed by atoms with Crippen LogP contribution in [-0.4, -0.2) is 30.8 Å². The Balaban J connectivity index is 1.45. The molecule has 2 bridgehead atoms. The normalized spacial score (nSPS) is 15.9. The van der Waals surface area contributed by atoms with E-state index in [4.69, 9.17) is 19.4 Å². The average Bonchev–Trinajstić information content (AvgIpc) is 3.59. The number of fused-ring (bicyclic) bond motifs is 8. The van der Waals surface area contributed by atoms with Crippen molar-refractivity contribution in [3.8, 4) is 33.9 Å². The molecule has 1 aromatic heterocycles. The highest BCUT2D eigenvalue weighted by Gasteiger charge is 2.32. The van der Waals surface area contributed by atoms with Gasteiger partial charge in [0.05, 0.1) is 12.8 Å². The van der Waals surface area contributed by atoms with Crippen LogP contribution in [0.4, 0.5) is 5.82 Å². The highest BCUT2D eigenvalue weighted by molar-refractivity contribution is 6.39. The SMILES string of the molecule is COc1ccc2c(c1)CCc1c(-c3ccccc3)c3n(c1-2)[B]Oc1ccccc1C1=N/C(=N\3)C(c2ccccc2)=C1. The number of allylic oxidation sites excluding steroid dienone is 1. The van der Waals surface area contributed by atoms with Gasteiger partial charge in [-0.3, -0.25) is 0 Å². The Bertz CT molecular complexity index is 1920. The zero-order valence-corrected chi connectivity index (χ0v) is 22.5. The van der Waals surface area contributed by atoms with Crippen molar-refractivity contribution >= 4 is 30.6 Å². The minimum atomic E-state index is 0.694. The van der Waals surface area contributed by atoms with Crippen molar-refractivity contribution in [3.63, 3.8) is 0 Å². The monoisotopic (exact) mass is 530 g/mol. The van der Waals surface area contributed by atoms with Crippen LogP contribution in [0.1, 0.15) is 22.3 Å². The van der Waals surface area contributed by atoms with Crippen LogP contribution in [0.3, 0.4) is 0 Å². The third-order valence-corrected chi connectivity index (χ3v) is 8.05. The molecule has 0 saturated carbocycles. The molecule has 2 aliphatic heterocycles. The van der Waals surface area contributed by atoms with Gasteiger partial charge in [-0.25, -0.2) is 9.98 Å². The average molecular weight is 530 g/mol. The number of aliphatic imine (C=N–C) groups is 2. The Morgan fingerprint density at radius 2 is 1.54 bits per heavy atom. The second kappa shape index (κ2) is 9.52. The summed E-state index contributed by atoms with van der Waals surface area (Å²) in [6.45, 7) is 0. The van der Waals surface area contributed by atoms with Crippen LogP contribution in [-0.2, 0) is 12.8 Å². The molecule has 1 aliphatic carbocycles. The number of hydrogen-bond donors (Lipinski definition) is 0. The Morgan fingerprint density at radius 1 is 0.780 bits per heavy atom. The van der Waals surface area contributed by atoms with Crippen LogP contribution in [0.5, 0.6) is 11.5 Å². The van der Waals surface area contributed by atoms with Gasteiger partial charge in [0.2, 0.25) is 0 Å². The van der Waals surface area contributed by atoms with Crippen molar-refractivity contribution in [1.82, 2.24) is 4.48 Å². The molecule has 195 valence electrons. The number of hydrogen-bond acceptors (Lipinski definition) is 4. The minimum absolute atomic E-state index is 0.694. The zero-order valence-electron chi connectivity index (χ0n) is 22.5. The Hall–Kier alpha value is -5.10. The fraction of sp³-hybridized carbons (Fsp3) is 0.0857. The Morgan fingerprint density at radius 3 is 2.34 bits per heavy atom. The third kappa shape index (κ3) is 3.86. The van der Waals surface area contributed by atoms with E-state index in [-0.39, 0.29) is 0 Å². The summed E-state index contributed by atoms with van der Waals surface area (Å²) < 4.78 is 14.2. The molecule has 0 fully saturated rings. The van der Waals surface area contributed by atoms with Gasteiger partial charge in [0.25, 0.3) is 0 Å². The van der Waals surface area contributed by atoms with Gasteiger partial charge in [-0.05, 0) is 71.5 Å². The lowest BCUT2D eigenvalue weighted by Crippen LogP contribution is -2.18. The predicted molar refractivity (Wildman–Crippen MR) is 166 cm³/mol. The second-order valence-corrected chi connectivity index (χ2v) is 10.4. The molecule has 3 aliphatic rings. The molecule has 1 radical (unpaired) electrons. The van der Waals surface area contributed by atoms with Crippen molar-refractivity contribution in [2.45, 2.75) is 12.8 Å². The molecule has 0 unspecified atom stereocenters. The van der Waals surface area contributed by atoms with E-state index in [1.807, 2.05) is 44.0 Å². The van der Waals surface area contributed by atoms with Crippen LogP contribution >= 0.6 is 0 Å². The maximum absolute atomic E-state index is 6.49. The molecule has 0 amide bonds. The van der Waals surface area contributed by atoms with Crippen molar-refractivity contribution < 1.29 is 9.39 Å². The maximum Gasteiger partial charge on any atom is 0.527 e. The molecular weight excluding hydrogens is 505 g/mol. The quantitative estimate of drug-likeness (QED) is 0.230. The first-order valence-corrected chi connectivity index (χ1v) is 13.8. The van der Waals surface area contributed by atoms with Crippen molar-refractivity contribution in [1.29, 1.82) is 0 Å². The molecule has 0 saturated heterocycles. The summed E-state index contributed by atoms with van der Waals surface area (Å²) in [5.41, 5.74) is 10.8. The molecule has 8 rings (SSSR count). The summed E-state index contributed by atoms with van der Waals surface area (Å²) >= 11 is 0. The van der Waals surface area contributed by atoms with Gasteiger partial charge in [-0.15, -0.1) is 0 Å². The van der Waals surface area contributed by atoms with E-state index < -0.39 is 0 Å². The Labute approximate surface area is 239 Å². The highest BCUT2D eigenvalue weighted by atomic mass is 16.5. The summed E-state index contributed by atoms with van der Waals surface area (Å²) in [6.07, 6.45) is 3.92. The third-order valence-electron chi connectivity index (χ3n) is 8.05. The van der Waals surface area contributed by atoms with Crippen molar-refractivity contribution in [2.24, 2.45) is 9.98 Å². The van der Waals surface area contributed by atoms with Crippen molar-refractivity contribution in [3.05, 3.63) is 131 Å². The van der Waals surface area contributed by atoms with E-state index in [0.29, 0.717) is 5.84 Å². The van der Waals surface area contributed by atoms with E-state index >= 15 is 0 Å². The number of aryl methyl sites for hydroxylation is 1. The smallest absolute Gasteiger partial charge is 0.527 e. The minimum Gasteiger partial charge on any atom is -0.542 e. The van der Waals surface area contributed by atoms with Crippen LogP contribution in [0.2, 0.25) is 0 Å². The topological polar surface area (TPSA) is 48.1 Å². The molecular formula is C35H25BN3O2. The van der Waals surface area contributed by atoms with Gasteiger partial charge in [-0.1, -0.05) is 72.8 Å². The number of ether oxygens (including phenoxy) is 1. The molecule has 3 heterocycles. The van der Waals surface area contributed by atoms with Gasteiger partial charge in [0, 0.05) is 28.0 Å². The number of benzene rings is 4. The largest absolute Gasteiger partial charge is 0.542 e. The molecule has 5 nitrogen and oxygen atoms in total. The number of rotatable bonds is 3. The van der Waals surface area contributed by atoms with Gasteiger partial charge in [0.15, 0.2) is 5.84 Å². The molecule has 0 atom stereocenters. The highest BCUT2D eigenvalue weighted by Crippen LogP contribution is 2.48. The van der Waals surface area contributed by atoms with Crippen LogP contribution in [0.25, 0.3) is 28.0 Å². The standard InChI is InChI=1S/C35H25BN3O2/c1-40-25-17-19-26-24(20-25)16-18-28-32(23-12-6-3-7-13-23)35-38-34-29(22-10-4-2-5-11-22)21-30(37-34)27-14-8-9-15-31(27)41-36-39(35)33(26)28/h2-15,17,19-21H,16,18H2,1H3/b38-34-. The predicted octanol–water partition coefficient (Wildman–Crippen LogP) is 7.32. The van der Waals surface area contributed by atoms with E-state index in [9.17, 15) is 0 Å². The van der Waals surface area contributed by atoms with Crippen molar-refractivity contribution in [2.75, 3.05) is 7.11 Å². The van der Waals surface area contributed by atoms with E-state index in [0.717, 1.165) is 75.0 Å². The lowest BCUT2D eigenvalue weighted by atomic mass is 9.86. The lowest BCUT2D eigenvalue weighted by molar-refractivity contribution is 0.414. The second-order valence-electron chi connectivity index (χ2n) is 10.4. The van der Waals surface area contributed by atoms with Crippen LogP contribution < -0.4 is 9.39 Å². The number of nitrogens with zero attached hydrogens (tertiary/aromatic N) is 3. The molecule has 0 spiro atoms. The van der Waals surface area contributed by atoms with Crippen LogP contribution in [0.15, 0.2) is 119 Å². The summed E-state index contributed by atoms with van der Waals surface area (Å²) in [5.74, 6) is 3.12. The maximum atomic E-state index is 6.49. The van der Waals surface area contributed by atoms with E-state index in [1.165, 1.54) is 11.1 Å². The van der Waals surface area contributed by atoms with E-state index in [1.54, 1.807) is 7.11 Å². The molecule has 6 heteroatoms. The summed E-state index contributed by atoms with van der Waals surface area (Å²) in [6, 6.07) is 35.3. The Kier molecular flexibility index (Phi) is 5.52. The first-order chi connectivity index (χ1) is 20.3. The molecule has 41 heavy (non-hydrogen) atoms. The number of para-hydroxylation sites is 1. The molecule has 0 N–H and O–H groups in total. The molecule has 5 aromatic rings. The summed E-state index contributed by atoms with van der Waals surface area (Å²) in [5, 5.41) is 0. The lowest BCUT2D eigenvalue weighted by Gasteiger charge is -2.21. The van der Waals surface area contributed by atoms with Gasteiger partial charge < -0.3 is 13.9 Å². The van der Waals surface area contributed by atoms with Gasteiger partial charge in [0.1, 0.15) is 17.3 Å². The summed E-state index contributed by atoms with van der Waals surface area (Å²) in [4.78, 5) is 10.5. The number of amidine groups is 1. The summed E-state index contributed by atoms with van der Waals surface area (Å²) in [7, 11) is 3.53. The molecule has 4 aromatic carbocycles. The first-order valence-electron chi connectivity index (χ1n) is 13.8. The number of methoxy groups -OCH3 is 1. The van der Waals surface area contributed by atoms with Crippen LogP contribution in [0, 0.1) is 0 Å². The van der Waals surface area contributed by atoms with Gasteiger partial charge in [-0.2, -0.15) is 0 Å². The fourth-order valence-electron chi connectivity index (χ4n) is 6.13. The van der Waals surface area contributed by atoms with E-state index in [2.05, 4.69) is 77.3 Å².